The molecule has 2 heteroatoms. The van der Waals surface area contributed by atoms with Gasteiger partial charge in [-0.1, -0.05) is 32.9 Å². The molecule has 0 saturated carbocycles. The van der Waals surface area contributed by atoms with E-state index in [2.05, 4.69) is 45.6 Å². The van der Waals surface area contributed by atoms with E-state index in [9.17, 15) is 0 Å². The van der Waals surface area contributed by atoms with Gasteiger partial charge in [-0.15, -0.1) is 0 Å². The highest BCUT2D eigenvalue weighted by molar-refractivity contribution is 7.80. The maximum atomic E-state index is 5.88. The normalized spacial score (nSPS) is 27.3. The van der Waals surface area contributed by atoms with Crippen LogP contribution in [0, 0.1) is 23.7 Å². The first-order valence-electron chi connectivity index (χ1n) is 6.48. The zero-order valence-corrected chi connectivity index (χ0v) is 11.7. The quantitative estimate of drug-likeness (QED) is 0.550. The minimum Gasteiger partial charge on any atom is -0.381 e. The third-order valence-electron chi connectivity index (χ3n) is 3.76. The lowest BCUT2D eigenvalue weighted by molar-refractivity contribution is 0.0502. The van der Waals surface area contributed by atoms with E-state index in [-0.39, 0.29) is 0 Å². The second kappa shape index (κ2) is 7.39. The molecule has 0 bridgehead atoms. The zero-order chi connectivity index (χ0) is 12.0. The summed E-state index contributed by atoms with van der Waals surface area (Å²) in [5, 5.41) is 0. The minimum absolute atomic E-state index is 0.595. The molecule has 1 aliphatic carbocycles. The lowest BCUT2D eigenvalue weighted by atomic mass is 9.85. The first-order chi connectivity index (χ1) is 7.65. The highest BCUT2D eigenvalue weighted by atomic mass is 32.1. The van der Waals surface area contributed by atoms with Gasteiger partial charge in [0.25, 0.3) is 0 Å². The van der Waals surface area contributed by atoms with E-state index in [1.807, 2.05) is 0 Å². The van der Waals surface area contributed by atoms with Crippen LogP contribution in [0.1, 0.15) is 33.6 Å². The van der Waals surface area contributed by atoms with Gasteiger partial charge in [0.1, 0.15) is 0 Å². The van der Waals surface area contributed by atoms with Crippen LogP contribution in [0.4, 0.5) is 0 Å². The Morgan fingerprint density at radius 1 is 1.31 bits per heavy atom. The van der Waals surface area contributed by atoms with Crippen molar-refractivity contribution in [2.45, 2.75) is 33.6 Å². The van der Waals surface area contributed by atoms with Gasteiger partial charge in [-0.05, 0) is 42.3 Å². The summed E-state index contributed by atoms with van der Waals surface area (Å²) in [5.41, 5.74) is 0. The molecule has 0 saturated heterocycles. The Balaban J connectivity index is 2.21. The largest absolute Gasteiger partial charge is 0.381 e. The minimum atomic E-state index is 0.595. The Kier molecular flexibility index (Phi) is 6.52. The van der Waals surface area contributed by atoms with E-state index < -0.39 is 0 Å². The average Bonchev–Trinajstić information content (AvgIpc) is 2.26. The summed E-state index contributed by atoms with van der Waals surface area (Å²) in [6, 6.07) is 0. The summed E-state index contributed by atoms with van der Waals surface area (Å²) in [7, 11) is 0. The molecule has 0 spiro atoms. The van der Waals surface area contributed by atoms with Crippen molar-refractivity contribution < 1.29 is 4.74 Å². The Labute approximate surface area is 106 Å². The standard InChI is InChI=1S/C14H26OS/c1-11(2)14(10-16)9-15-8-13-7-5-4-6-12(13)3/h4-5,11-14,16H,6-10H2,1-3H3. The van der Waals surface area contributed by atoms with Crippen LogP contribution in [0.3, 0.4) is 0 Å². The molecule has 0 aliphatic heterocycles. The van der Waals surface area contributed by atoms with Crippen LogP contribution < -0.4 is 0 Å². The molecular weight excluding hydrogens is 216 g/mol. The fourth-order valence-electron chi connectivity index (χ4n) is 2.07. The van der Waals surface area contributed by atoms with Gasteiger partial charge in [0.15, 0.2) is 0 Å². The van der Waals surface area contributed by atoms with Gasteiger partial charge in [0, 0.05) is 6.61 Å². The third kappa shape index (κ3) is 4.50. The number of allylic oxidation sites excluding steroid dienone is 2. The van der Waals surface area contributed by atoms with Gasteiger partial charge in [0.2, 0.25) is 0 Å². The van der Waals surface area contributed by atoms with E-state index in [0.717, 1.165) is 30.8 Å². The smallest absolute Gasteiger partial charge is 0.0504 e. The molecule has 0 heterocycles. The Bertz CT molecular complexity index is 213. The molecule has 0 aromatic carbocycles. The fourth-order valence-corrected chi connectivity index (χ4v) is 2.59. The molecule has 0 aromatic heterocycles. The topological polar surface area (TPSA) is 9.23 Å². The van der Waals surface area contributed by atoms with Crippen LogP contribution in [0.5, 0.6) is 0 Å². The molecule has 0 N–H and O–H groups in total. The predicted molar refractivity (Wildman–Crippen MR) is 74.0 cm³/mol. The lowest BCUT2D eigenvalue weighted by Crippen LogP contribution is -2.23. The molecule has 0 amide bonds. The van der Waals surface area contributed by atoms with Gasteiger partial charge in [-0.2, -0.15) is 12.6 Å². The van der Waals surface area contributed by atoms with Crippen LogP contribution in [-0.4, -0.2) is 19.0 Å². The second-order valence-corrected chi connectivity index (χ2v) is 5.77. The van der Waals surface area contributed by atoms with Crippen molar-refractivity contribution in [2.24, 2.45) is 23.7 Å². The first-order valence-corrected chi connectivity index (χ1v) is 7.12. The van der Waals surface area contributed by atoms with E-state index in [1.54, 1.807) is 0 Å². The van der Waals surface area contributed by atoms with Crippen LogP contribution >= 0.6 is 12.6 Å². The first kappa shape index (κ1) is 14.1. The van der Waals surface area contributed by atoms with Crippen molar-refractivity contribution in [3.63, 3.8) is 0 Å². The SMILES string of the molecule is CC(C)C(CS)COCC1CC=CCC1C. The Morgan fingerprint density at radius 2 is 2.00 bits per heavy atom. The zero-order valence-electron chi connectivity index (χ0n) is 10.9. The molecule has 3 unspecified atom stereocenters. The molecule has 94 valence electrons. The van der Waals surface area contributed by atoms with Crippen molar-refractivity contribution in [3.8, 4) is 0 Å². The van der Waals surface area contributed by atoms with Crippen LogP contribution in [0.2, 0.25) is 0 Å². The summed E-state index contributed by atoms with van der Waals surface area (Å²) >= 11 is 4.38. The third-order valence-corrected chi connectivity index (χ3v) is 4.23. The highest BCUT2D eigenvalue weighted by Gasteiger charge is 2.19. The maximum Gasteiger partial charge on any atom is 0.0504 e. The molecule has 1 nitrogen and oxygen atoms in total. The number of rotatable bonds is 6. The van der Waals surface area contributed by atoms with Gasteiger partial charge >= 0.3 is 0 Å². The van der Waals surface area contributed by atoms with Crippen molar-refractivity contribution in [1.29, 1.82) is 0 Å². The summed E-state index contributed by atoms with van der Waals surface area (Å²) in [6.07, 6.45) is 7.00. The van der Waals surface area contributed by atoms with Crippen LogP contribution in [0.15, 0.2) is 12.2 Å². The lowest BCUT2D eigenvalue weighted by Gasteiger charge is -2.26. The number of ether oxygens (including phenoxy) is 1. The van der Waals surface area contributed by atoms with Gasteiger partial charge < -0.3 is 4.74 Å². The number of thiol groups is 1. The van der Waals surface area contributed by atoms with Crippen LogP contribution in [0.25, 0.3) is 0 Å². The van der Waals surface area contributed by atoms with Gasteiger partial charge in [-0.3, -0.25) is 0 Å². The molecule has 0 aromatic rings. The molecule has 3 atom stereocenters. The van der Waals surface area contributed by atoms with E-state index >= 15 is 0 Å². The van der Waals surface area contributed by atoms with Gasteiger partial charge in [0.05, 0.1) is 6.61 Å². The van der Waals surface area contributed by atoms with Crippen molar-refractivity contribution >= 4 is 12.6 Å². The van der Waals surface area contributed by atoms with Crippen molar-refractivity contribution in [1.82, 2.24) is 0 Å². The number of hydrogen-bond donors (Lipinski definition) is 1. The summed E-state index contributed by atoms with van der Waals surface area (Å²) in [6.45, 7) is 8.61. The molecule has 16 heavy (non-hydrogen) atoms. The van der Waals surface area contributed by atoms with Crippen molar-refractivity contribution in [2.75, 3.05) is 19.0 Å². The summed E-state index contributed by atoms with van der Waals surface area (Å²) in [4.78, 5) is 0. The molecule has 1 rings (SSSR count). The average molecular weight is 242 g/mol. The monoisotopic (exact) mass is 242 g/mol. The fraction of sp³-hybridized carbons (Fsp3) is 0.857. The van der Waals surface area contributed by atoms with Gasteiger partial charge in [-0.25, -0.2) is 0 Å². The Hall–Kier alpha value is 0.0500. The molecule has 0 fully saturated rings. The summed E-state index contributed by atoms with van der Waals surface area (Å²) < 4.78 is 5.88. The highest BCUT2D eigenvalue weighted by Crippen LogP contribution is 2.25. The van der Waals surface area contributed by atoms with Crippen molar-refractivity contribution in [3.05, 3.63) is 12.2 Å². The molecule has 0 radical (unpaired) electrons. The van der Waals surface area contributed by atoms with E-state index in [0.29, 0.717) is 11.8 Å². The van der Waals surface area contributed by atoms with E-state index in [1.165, 1.54) is 12.8 Å². The predicted octanol–water partition coefficient (Wildman–Crippen LogP) is 3.81. The number of hydrogen-bond acceptors (Lipinski definition) is 2. The molecular formula is C14H26OS. The Morgan fingerprint density at radius 3 is 2.56 bits per heavy atom. The maximum absolute atomic E-state index is 5.88. The summed E-state index contributed by atoms with van der Waals surface area (Å²) in [5.74, 6) is 3.69. The molecule has 1 aliphatic rings. The second-order valence-electron chi connectivity index (χ2n) is 5.40. The van der Waals surface area contributed by atoms with E-state index in [4.69, 9.17) is 4.74 Å². The van der Waals surface area contributed by atoms with Crippen LogP contribution in [-0.2, 0) is 4.74 Å².